The van der Waals surface area contributed by atoms with Crippen LogP contribution in [0.15, 0.2) is 51.9 Å². The third-order valence-electron chi connectivity index (χ3n) is 5.44. The molecule has 0 aromatic heterocycles. The van der Waals surface area contributed by atoms with E-state index in [0.29, 0.717) is 2.75 Å². The number of hydrogen-bond donors (Lipinski definition) is 0. The van der Waals surface area contributed by atoms with E-state index in [2.05, 4.69) is 61.2 Å². The summed E-state index contributed by atoms with van der Waals surface area (Å²) in [5.74, 6) is 0. The second kappa shape index (κ2) is 6.93. The van der Waals surface area contributed by atoms with E-state index in [1.165, 1.54) is 18.4 Å². The molecule has 0 nitrogen and oxygen atoms in total. The van der Waals surface area contributed by atoms with Gasteiger partial charge < -0.3 is 24.8 Å². The van der Waals surface area contributed by atoms with Gasteiger partial charge in [-0.15, -0.1) is 0 Å². The van der Waals surface area contributed by atoms with E-state index in [1.807, 2.05) is 0 Å². The van der Waals surface area contributed by atoms with Gasteiger partial charge in [-0.1, -0.05) is 0 Å². The number of fused-ring (bicyclic) bond motifs is 1. The van der Waals surface area contributed by atoms with Crippen molar-refractivity contribution in [2.45, 2.75) is 34.2 Å². The van der Waals surface area contributed by atoms with E-state index in [0.717, 1.165) is 0 Å². The number of rotatable bonds is 3. The number of halogens is 2. The van der Waals surface area contributed by atoms with Gasteiger partial charge in [0.05, 0.1) is 0 Å². The van der Waals surface area contributed by atoms with Crippen molar-refractivity contribution in [3.8, 4) is 0 Å². The molecule has 1 aliphatic heterocycles. The van der Waals surface area contributed by atoms with Crippen LogP contribution in [0.4, 0.5) is 0 Å². The Morgan fingerprint density at radius 3 is 2.55 bits per heavy atom. The third kappa shape index (κ3) is 2.71. The van der Waals surface area contributed by atoms with Gasteiger partial charge in [0.25, 0.3) is 0 Å². The van der Waals surface area contributed by atoms with E-state index in [1.54, 1.807) is 20.9 Å². The summed E-state index contributed by atoms with van der Waals surface area (Å²) < 4.78 is 2.35. The van der Waals surface area contributed by atoms with Crippen LogP contribution in [-0.2, 0) is 26.0 Å². The number of allylic oxidation sites excluding steroid dienone is 5. The smallest absolute Gasteiger partial charge is 1.00 e. The molecule has 1 heterocycles. The maximum absolute atomic E-state index is 2.69. The van der Waals surface area contributed by atoms with Crippen LogP contribution in [0.2, 0.25) is 18.6 Å². The molecule has 22 heavy (non-hydrogen) atoms. The van der Waals surface area contributed by atoms with Crippen molar-refractivity contribution in [3.63, 3.8) is 0 Å². The Bertz CT molecular complexity index is 646. The molecule has 1 fully saturated rings. The molecule has 1 atom stereocenters. The van der Waals surface area contributed by atoms with Gasteiger partial charge in [-0.05, 0) is 0 Å². The molecule has 0 radical (unpaired) electrons. The molecule has 3 aliphatic rings. The zero-order valence-electron chi connectivity index (χ0n) is 12.8. The fourth-order valence-electron chi connectivity index (χ4n) is 3.99. The second-order valence-electron chi connectivity index (χ2n) is 6.59. The van der Waals surface area contributed by atoms with Crippen molar-refractivity contribution in [3.05, 3.63) is 63.0 Å². The van der Waals surface area contributed by atoms with Crippen molar-refractivity contribution >= 4 is 14.1 Å². The Morgan fingerprint density at radius 1 is 1.14 bits per heavy atom. The summed E-state index contributed by atoms with van der Waals surface area (Å²) in [7, 11) is -1.11. The summed E-state index contributed by atoms with van der Waals surface area (Å²) in [6.45, 7) is 2.69. The molecule has 4 heteroatoms. The van der Waals surface area contributed by atoms with E-state index in [-0.39, 0.29) is 24.8 Å². The van der Waals surface area contributed by atoms with Crippen LogP contribution in [0.3, 0.4) is 0 Å². The van der Waals surface area contributed by atoms with Crippen molar-refractivity contribution < 1.29 is 48.0 Å². The molecule has 1 aromatic rings. The predicted octanol–water partition coefficient (Wildman–Crippen LogP) is -1.14. The molecule has 1 unspecified atom stereocenters. The Hall–Kier alpha value is 0.120. The molecule has 4 rings (SSSR count). The largest absolute Gasteiger partial charge is 1.00 e. The fraction of sp³-hybridized carbons (Fsp3) is 0.333. The molecule has 0 bridgehead atoms. The van der Waals surface area contributed by atoms with Crippen LogP contribution in [0, 0.1) is 0 Å². The van der Waals surface area contributed by atoms with E-state index in [9.17, 15) is 0 Å². The zero-order chi connectivity index (χ0) is 13.6. The monoisotopic (exact) mass is 424 g/mol. The van der Waals surface area contributed by atoms with E-state index < -0.39 is 31.3 Å². The minimum Gasteiger partial charge on any atom is -1.00 e. The standard InChI is InChI=1S/C13H15Si.C5H5.2ClH.Zr/c1-14(9-4-10-14)13-8-7-11-5-2-3-6-12(11)13;1-2-4-5-3-1;;;/h2-3,5-8H,4,9-10H2,1H3;1-3H,4H2;2*1H;/q;;;;+2/p-2. The Kier molecular flexibility index (Phi) is 5.82. The maximum atomic E-state index is 2.69. The normalized spacial score (nSPS) is 26.1. The molecular formula is C18H20Cl2SiZr. The van der Waals surface area contributed by atoms with Gasteiger partial charge in [-0.3, -0.25) is 0 Å². The summed E-state index contributed by atoms with van der Waals surface area (Å²) in [6.07, 6.45) is 14.9. The minimum absolute atomic E-state index is 0. The molecule has 0 amide bonds. The maximum Gasteiger partial charge on any atom is -1.00 e. The molecule has 1 saturated heterocycles. The molecule has 1 aromatic carbocycles. The molecule has 2 aliphatic carbocycles. The minimum atomic E-state index is -1.11. The summed E-state index contributed by atoms with van der Waals surface area (Å²) in [6, 6.07) is 12.3. The van der Waals surface area contributed by atoms with Gasteiger partial charge in [0.1, 0.15) is 0 Å². The van der Waals surface area contributed by atoms with Gasteiger partial charge in [0.15, 0.2) is 0 Å². The van der Waals surface area contributed by atoms with Gasteiger partial charge >= 0.3 is 135 Å². The van der Waals surface area contributed by atoms with Crippen LogP contribution in [0.25, 0.3) is 6.08 Å². The Labute approximate surface area is 158 Å². The van der Waals surface area contributed by atoms with Crippen molar-refractivity contribution in [1.29, 1.82) is 0 Å². The molecule has 0 spiro atoms. The molecule has 114 valence electrons. The van der Waals surface area contributed by atoms with Gasteiger partial charge in [0, 0.05) is 0 Å². The summed E-state index contributed by atoms with van der Waals surface area (Å²) in [5, 5.41) is 0. The fourth-order valence-corrected chi connectivity index (χ4v) is 16.4. The number of benzene rings is 1. The van der Waals surface area contributed by atoms with E-state index in [4.69, 9.17) is 0 Å². The average Bonchev–Trinajstić information content (AvgIpc) is 3.06. The first kappa shape index (κ1) is 18.5. The molecule has 0 N–H and O–H groups in total. The molecule has 0 saturated carbocycles. The topological polar surface area (TPSA) is 0 Å². The van der Waals surface area contributed by atoms with Crippen LogP contribution >= 0.6 is 0 Å². The second-order valence-corrected chi connectivity index (χ2v) is 16.9. The van der Waals surface area contributed by atoms with Crippen molar-refractivity contribution in [1.82, 2.24) is 0 Å². The van der Waals surface area contributed by atoms with Crippen molar-refractivity contribution in [2.24, 2.45) is 0 Å². The van der Waals surface area contributed by atoms with E-state index >= 15 is 0 Å². The SMILES string of the molecule is C[Si]1([C]2([Zr+2][C]3=CC=CC3)C=Cc3ccccc32)CCC1.[Cl-].[Cl-]. The summed E-state index contributed by atoms with van der Waals surface area (Å²) >= 11 is -0.578. The Morgan fingerprint density at radius 2 is 1.91 bits per heavy atom. The van der Waals surface area contributed by atoms with Gasteiger partial charge in [0.2, 0.25) is 0 Å². The zero-order valence-corrected chi connectivity index (χ0v) is 17.8. The van der Waals surface area contributed by atoms with Crippen LogP contribution < -0.4 is 24.8 Å². The van der Waals surface area contributed by atoms with Gasteiger partial charge in [-0.25, -0.2) is 0 Å². The third-order valence-corrected chi connectivity index (χ3v) is 19.6. The summed E-state index contributed by atoms with van der Waals surface area (Å²) in [5.41, 5.74) is 3.22. The first-order valence-electron chi connectivity index (χ1n) is 7.66. The molecular weight excluding hydrogens is 406 g/mol. The Balaban J connectivity index is 0.000000882. The quantitative estimate of drug-likeness (QED) is 0.537. The van der Waals surface area contributed by atoms with Crippen LogP contribution in [-0.4, -0.2) is 8.07 Å². The first-order valence-corrected chi connectivity index (χ1v) is 13.0. The number of hydrogen-bond acceptors (Lipinski definition) is 0. The summed E-state index contributed by atoms with van der Waals surface area (Å²) in [4.78, 5) is 0. The predicted molar refractivity (Wildman–Crippen MR) is 84.8 cm³/mol. The van der Waals surface area contributed by atoms with Gasteiger partial charge in [-0.2, -0.15) is 0 Å². The van der Waals surface area contributed by atoms with Crippen LogP contribution in [0.1, 0.15) is 24.0 Å². The van der Waals surface area contributed by atoms with Crippen molar-refractivity contribution in [2.75, 3.05) is 0 Å². The van der Waals surface area contributed by atoms with Crippen LogP contribution in [0.5, 0.6) is 0 Å². The first-order chi connectivity index (χ1) is 9.74. The average molecular weight is 427 g/mol.